The molecule has 1 aromatic carbocycles. The van der Waals surface area contributed by atoms with Crippen molar-refractivity contribution >= 4 is 17.7 Å². The first-order valence-electron chi connectivity index (χ1n) is 8.60. The Bertz CT molecular complexity index is 642. The number of carboxylic acid groups (broad SMARTS) is 1. The van der Waals surface area contributed by atoms with E-state index in [4.69, 9.17) is 9.47 Å². The summed E-state index contributed by atoms with van der Waals surface area (Å²) in [5, 5.41) is 12.7. The number of ether oxygens (including phenoxy) is 2. The lowest BCUT2D eigenvalue weighted by atomic mass is 9.69. The summed E-state index contributed by atoms with van der Waals surface area (Å²) in [5.74, 6) is -0.309. The molecule has 0 aliphatic heterocycles. The number of anilines is 1. The highest BCUT2D eigenvalue weighted by molar-refractivity contribution is 5.90. The summed E-state index contributed by atoms with van der Waals surface area (Å²) in [5.41, 5.74) is -0.600. The van der Waals surface area contributed by atoms with Crippen molar-refractivity contribution in [3.05, 3.63) is 23.8 Å². The number of carboxylic acids is 1. The zero-order chi connectivity index (χ0) is 18.7. The van der Waals surface area contributed by atoms with E-state index in [0.717, 1.165) is 19.3 Å². The molecule has 0 heterocycles. The number of methoxy groups -OCH3 is 1. The summed E-state index contributed by atoms with van der Waals surface area (Å²) in [6, 6.07) is 5.12. The molecule has 0 atom stereocenters. The molecule has 2 N–H and O–H groups in total. The quantitative estimate of drug-likeness (QED) is 0.845. The van der Waals surface area contributed by atoms with E-state index in [2.05, 4.69) is 5.32 Å². The van der Waals surface area contributed by atoms with Crippen molar-refractivity contribution in [2.24, 2.45) is 0 Å². The average Bonchev–Trinajstić information content (AvgIpc) is 2.53. The summed E-state index contributed by atoms with van der Waals surface area (Å²) in [7, 11) is 1.53. The van der Waals surface area contributed by atoms with Gasteiger partial charge in [-0.1, -0.05) is 25.3 Å². The lowest BCUT2D eigenvalue weighted by molar-refractivity contribution is -0.145. The second-order valence-corrected chi connectivity index (χ2v) is 7.49. The largest absolute Gasteiger partial charge is 0.497 e. The van der Waals surface area contributed by atoms with Crippen LogP contribution in [0.5, 0.6) is 5.75 Å². The van der Waals surface area contributed by atoms with Gasteiger partial charge in [-0.25, -0.2) is 4.79 Å². The first-order chi connectivity index (χ1) is 11.7. The molecule has 0 bridgehead atoms. The Morgan fingerprint density at radius 2 is 1.80 bits per heavy atom. The molecule has 0 radical (unpaired) electrons. The summed E-state index contributed by atoms with van der Waals surface area (Å²) in [4.78, 5) is 24.3. The fourth-order valence-electron chi connectivity index (χ4n) is 3.34. The van der Waals surface area contributed by atoms with Crippen LogP contribution >= 0.6 is 0 Å². The highest BCUT2D eigenvalue weighted by Gasteiger charge is 2.43. The molecule has 2 rings (SSSR count). The maximum absolute atomic E-state index is 12.2. The zero-order valence-corrected chi connectivity index (χ0v) is 15.3. The number of benzene rings is 1. The van der Waals surface area contributed by atoms with Gasteiger partial charge in [0.05, 0.1) is 18.2 Å². The van der Waals surface area contributed by atoms with E-state index in [0.29, 0.717) is 29.8 Å². The monoisotopic (exact) mass is 349 g/mol. The molecule has 6 nitrogen and oxygen atoms in total. The van der Waals surface area contributed by atoms with Crippen molar-refractivity contribution < 1.29 is 24.2 Å². The summed E-state index contributed by atoms with van der Waals surface area (Å²) in [6.45, 7) is 5.33. The van der Waals surface area contributed by atoms with Crippen molar-refractivity contribution in [2.45, 2.75) is 63.9 Å². The molecule has 0 saturated heterocycles. The van der Waals surface area contributed by atoms with E-state index in [1.165, 1.54) is 7.11 Å². The number of nitrogens with one attached hydrogen (secondary N) is 1. The van der Waals surface area contributed by atoms with E-state index < -0.39 is 23.1 Å². The van der Waals surface area contributed by atoms with E-state index in [-0.39, 0.29) is 0 Å². The van der Waals surface area contributed by atoms with Crippen LogP contribution in [0.3, 0.4) is 0 Å². The molecule has 0 spiro atoms. The van der Waals surface area contributed by atoms with E-state index in [1.807, 2.05) is 0 Å². The molecule has 6 heteroatoms. The Balaban J connectivity index is 2.43. The molecule has 1 fully saturated rings. The Kier molecular flexibility index (Phi) is 5.60. The van der Waals surface area contributed by atoms with Crippen molar-refractivity contribution in [2.75, 3.05) is 12.4 Å². The molecule has 1 saturated carbocycles. The van der Waals surface area contributed by atoms with Crippen LogP contribution in [0.4, 0.5) is 10.5 Å². The molecule has 138 valence electrons. The predicted octanol–water partition coefficient (Wildman–Crippen LogP) is 4.33. The molecule has 0 unspecified atom stereocenters. The minimum absolute atomic E-state index is 0.429. The number of carbonyl (C=O) groups excluding carboxylic acids is 1. The van der Waals surface area contributed by atoms with Crippen LogP contribution in [0, 0.1) is 0 Å². The molecule has 1 amide bonds. The van der Waals surface area contributed by atoms with Gasteiger partial charge in [0, 0.05) is 6.07 Å². The molecular formula is C19H27NO5. The van der Waals surface area contributed by atoms with E-state index in [9.17, 15) is 14.7 Å². The van der Waals surface area contributed by atoms with Crippen LogP contribution in [0.25, 0.3) is 0 Å². The van der Waals surface area contributed by atoms with Crippen molar-refractivity contribution in [1.29, 1.82) is 0 Å². The van der Waals surface area contributed by atoms with Gasteiger partial charge in [0.25, 0.3) is 0 Å². The molecule has 25 heavy (non-hydrogen) atoms. The van der Waals surface area contributed by atoms with Crippen LogP contribution < -0.4 is 10.1 Å². The second kappa shape index (κ2) is 7.33. The third-order valence-electron chi connectivity index (χ3n) is 4.49. The summed E-state index contributed by atoms with van der Waals surface area (Å²) >= 11 is 0. The van der Waals surface area contributed by atoms with Gasteiger partial charge in [0.1, 0.15) is 11.4 Å². The van der Waals surface area contributed by atoms with Gasteiger partial charge in [0.15, 0.2) is 0 Å². The fraction of sp³-hybridized carbons (Fsp3) is 0.579. The standard InChI is InChI=1S/C19H27NO5/c1-18(2,3)25-17(23)20-15-12-13(24-4)8-9-14(15)19(16(21)22)10-6-5-7-11-19/h8-9,12H,5-7,10-11H2,1-4H3,(H,20,23)(H,21,22). The number of amides is 1. The Morgan fingerprint density at radius 3 is 2.32 bits per heavy atom. The number of hydrogen-bond acceptors (Lipinski definition) is 4. The van der Waals surface area contributed by atoms with E-state index in [1.54, 1.807) is 39.0 Å². The van der Waals surface area contributed by atoms with Gasteiger partial charge in [-0.15, -0.1) is 0 Å². The van der Waals surface area contributed by atoms with Gasteiger partial charge >= 0.3 is 12.1 Å². The van der Waals surface area contributed by atoms with Crippen LogP contribution in [-0.2, 0) is 14.9 Å². The van der Waals surface area contributed by atoms with Crippen molar-refractivity contribution in [1.82, 2.24) is 0 Å². The minimum Gasteiger partial charge on any atom is -0.497 e. The Hall–Kier alpha value is -2.24. The maximum atomic E-state index is 12.2. The first-order valence-corrected chi connectivity index (χ1v) is 8.60. The van der Waals surface area contributed by atoms with Crippen LogP contribution in [0.2, 0.25) is 0 Å². The number of rotatable bonds is 4. The zero-order valence-electron chi connectivity index (χ0n) is 15.3. The Labute approximate surface area is 148 Å². The van der Waals surface area contributed by atoms with Crippen molar-refractivity contribution in [3.63, 3.8) is 0 Å². The SMILES string of the molecule is COc1ccc(C2(C(=O)O)CCCCC2)c(NC(=O)OC(C)(C)C)c1. The fourth-order valence-corrected chi connectivity index (χ4v) is 3.34. The first kappa shape index (κ1) is 19.1. The molecule has 1 aromatic rings. The minimum atomic E-state index is -0.991. The number of carbonyl (C=O) groups is 2. The lowest BCUT2D eigenvalue weighted by Crippen LogP contribution is -2.39. The third-order valence-corrected chi connectivity index (χ3v) is 4.49. The third kappa shape index (κ3) is 4.44. The molecule has 0 aromatic heterocycles. The number of aliphatic carboxylic acids is 1. The maximum Gasteiger partial charge on any atom is 0.412 e. The normalized spacial score (nSPS) is 16.8. The second-order valence-electron chi connectivity index (χ2n) is 7.49. The topological polar surface area (TPSA) is 84.9 Å². The number of hydrogen-bond donors (Lipinski definition) is 2. The van der Waals surface area contributed by atoms with Crippen LogP contribution in [-0.4, -0.2) is 29.9 Å². The van der Waals surface area contributed by atoms with Gasteiger partial charge in [-0.05, 0) is 45.2 Å². The van der Waals surface area contributed by atoms with Gasteiger partial charge in [-0.2, -0.15) is 0 Å². The summed E-state index contributed by atoms with van der Waals surface area (Å²) in [6.07, 6.45) is 3.22. The smallest absolute Gasteiger partial charge is 0.412 e. The van der Waals surface area contributed by atoms with Crippen LogP contribution in [0.15, 0.2) is 18.2 Å². The average molecular weight is 349 g/mol. The van der Waals surface area contributed by atoms with Crippen LogP contribution in [0.1, 0.15) is 58.4 Å². The molecular weight excluding hydrogens is 322 g/mol. The van der Waals surface area contributed by atoms with Gasteiger partial charge in [0.2, 0.25) is 0 Å². The molecule has 1 aliphatic carbocycles. The molecule has 1 aliphatic rings. The van der Waals surface area contributed by atoms with Crippen molar-refractivity contribution in [3.8, 4) is 5.75 Å². The highest BCUT2D eigenvalue weighted by atomic mass is 16.6. The van der Waals surface area contributed by atoms with Gasteiger partial charge in [-0.3, -0.25) is 10.1 Å². The highest BCUT2D eigenvalue weighted by Crippen LogP contribution is 2.44. The van der Waals surface area contributed by atoms with E-state index >= 15 is 0 Å². The predicted molar refractivity (Wildman–Crippen MR) is 95.2 cm³/mol. The Morgan fingerprint density at radius 1 is 1.16 bits per heavy atom. The summed E-state index contributed by atoms with van der Waals surface area (Å²) < 4.78 is 10.5. The van der Waals surface area contributed by atoms with Gasteiger partial charge < -0.3 is 14.6 Å². The lowest BCUT2D eigenvalue weighted by Gasteiger charge is -2.35.